The summed E-state index contributed by atoms with van der Waals surface area (Å²) in [4.78, 5) is 35.2. The molecule has 1 amide bonds. The summed E-state index contributed by atoms with van der Waals surface area (Å²) in [6, 6.07) is 0. The topological polar surface area (TPSA) is 92.7 Å². The van der Waals surface area contributed by atoms with Gasteiger partial charge >= 0.3 is 11.9 Å². The maximum Gasteiger partial charge on any atom is 0.322 e. The Morgan fingerprint density at radius 2 is 0.717 bits per heavy atom. The summed E-state index contributed by atoms with van der Waals surface area (Å²) in [6.45, 7) is 4.26. The standard InChI is InChI=1S/C54H103NO5/c1-3-5-7-9-11-13-15-17-19-20-21-22-23-24-25-26-28-30-32-34-36-41-45-49-54(59)60-51(47-43-39-37-40-44-48-52(56)55-50-53(57)58)46-42-38-35-33-31-29-27-18-16-14-12-10-8-6-4-2/h20-21,51H,3-19,22-50H2,1-2H3,(H,55,56)(H,57,58)/b21-20-. The molecular weight excluding hydrogens is 743 g/mol. The number of esters is 1. The molecule has 0 aliphatic carbocycles. The van der Waals surface area contributed by atoms with Crippen molar-refractivity contribution in [1.82, 2.24) is 5.32 Å². The van der Waals surface area contributed by atoms with Gasteiger partial charge in [-0.15, -0.1) is 0 Å². The highest BCUT2D eigenvalue weighted by Crippen LogP contribution is 2.20. The molecule has 2 N–H and O–H groups in total. The lowest BCUT2D eigenvalue weighted by Crippen LogP contribution is -2.28. The number of unbranched alkanes of at least 4 members (excludes halogenated alkanes) is 37. The minimum atomic E-state index is -1.01. The summed E-state index contributed by atoms with van der Waals surface area (Å²) in [7, 11) is 0. The van der Waals surface area contributed by atoms with Gasteiger partial charge in [-0.2, -0.15) is 0 Å². The number of hydrogen-bond donors (Lipinski definition) is 2. The van der Waals surface area contributed by atoms with E-state index in [1.54, 1.807) is 0 Å². The molecule has 0 saturated carbocycles. The molecule has 0 aliphatic rings. The van der Waals surface area contributed by atoms with Crippen LogP contribution in [-0.2, 0) is 19.1 Å². The third-order valence-corrected chi connectivity index (χ3v) is 12.4. The minimum Gasteiger partial charge on any atom is -0.480 e. The first-order chi connectivity index (χ1) is 29.5. The van der Waals surface area contributed by atoms with Gasteiger partial charge in [-0.3, -0.25) is 14.4 Å². The van der Waals surface area contributed by atoms with Crippen molar-refractivity contribution in [2.75, 3.05) is 6.54 Å². The van der Waals surface area contributed by atoms with Crippen molar-refractivity contribution in [1.29, 1.82) is 0 Å². The normalized spacial score (nSPS) is 12.0. The van der Waals surface area contributed by atoms with Crippen molar-refractivity contribution >= 4 is 17.8 Å². The maximum absolute atomic E-state index is 12.9. The molecule has 0 aromatic heterocycles. The first-order valence-electron chi connectivity index (χ1n) is 26.8. The van der Waals surface area contributed by atoms with Crippen molar-refractivity contribution < 1.29 is 24.2 Å². The van der Waals surface area contributed by atoms with E-state index in [9.17, 15) is 14.4 Å². The summed E-state index contributed by atoms with van der Waals surface area (Å²) < 4.78 is 6.08. The van der Waals surface area contributed by atoms with E-state index in [0.717, 1.165) is 64.2 Å². The molecule has 0 aromatic rings. The highest BCUT2D eigenvalue weighted by atomic mass is 16.5. The zero-order valence-corrected chi connectivity index (χ0v) is 40.3. The Morgan fingerprint density at radius 3 is 1.07 bits per heavy atom. The molecule has 0 aliphatic heterocycles. The number of hydrogen-bond acceptors (Lipinski definition) is 4. The van der Waals surface area contributed by atoms with E-state index in [4.69, 9.17) is 9.84 Å². The molecule has 354 valence electrons. The van der Waals surface area contributed by atoms with Crippen LogP contribution in [0.5, 0.6) is 0 Å². The Labute approximate surface area is 373 Å². The molecule has 0 spiro atoms. The number of allylic oxidation sites excluding steroid dienone is 2. The Hall–Kier alpha value is -1.85. The Morgan fingerprint density at radius 1 is 0.417 bits per heavy atom. The van der Waals surface area contributed by atoms with Crippen LogP contribution in [0.2, 0.25) is 0 Å². The second kappa shape index (κ2) is 49.8. The smallest absolute Gasteiger partial charge is 0.322 e. The molecular formula is C54H103NO5. The van der Waals surface area contributed by atoms with Crippen LogP contribution >= 0.6 is 0 Å². The van der Waals surface area contributed by atoms with Crippen molar-refractivity contribution in [3.63, 3.8) is 0 Å². The molecule has 6 nitrogen and oxygen atoms in total. The van der Waals surface area contributed by atoms with Gasteiger partial charge in [0.2, 0.25) is 5.91 Å². The van der Waals surface area contributed by atoms with Crippen LogP contribution in [0.3, 0.4) is 0 Å². The van der Waals surface area contributed by atoms with Crippen molar-refractivity contribution in [3.05, 3.63) is 12.2 Å². The molecule has 60 heavy (non-hydrogen) atoms. The number of ether oxygens (including phenoxy) is 1. The summed E-state index contributed by atoms with van der Waals surface area (Å²) in [6.07, 6.45) is 60.8. The zero-order valence-electron chi connectivity index (χ0n) is 40.3. The third-order valence-electron chi connectivity index (χ3n) is 12.4. The number of amides is 1. The Kier molecular flexibility index (Phi) is 48.3. The maximum atomic E-state index is 12.9. The van der Waals surface area contributed by atoms with E-state index in [2.05, 4.69) is 31.3 Å². The fourth-order valence-corrected chi connectivity index (χ4v) is 8.46. The summed E-state index contributed by atoms with van der Waals surface area (Å²) in [5.41, 5.74) is 0. The fraction of sp³-hybridized carbons (Fsp3) is 0.907. The molecule has 0 fully saturated rings. The number of carboxylic acid groups (broad SMARTS) is 1. The van der Waals surface area contributed by atoms with Crippen LogP contribution in [0.4, 0.5) is 0 Å². The number of aliphatic carboxylic acids is 1. The van der Waals surface area contributed by atoms with E-state index < -0.39 is 5.97 Å². The van der Waals surface area contributed by atoms with Crippen LogP contribution in [0.25, 0.3) is 0 Å². The van der Waals surface area contributed by atoms with Crippen molar-refractivity contribution in [3.8, 4) is 0 Å². The third kappa shape index (κ3) is 48.8. The number of nitrogens with one attached hydrogen (secondary N) is 1. The summed E-state index contributed by atoms with van der Waals surface area (Å²) in [5.74, 6) is -1.21. The molecule has 0 rings (SSSR count). The van der Waals surface area contributed by atoms with Crippen LogP contribution in [0, 0.1) is 0 Å². The van der Waals surface area contributed by atoms with Gasteiger partial charge in [-0.25, -0.2) is 0 Å². The fourth-order valence-electron chi connectivity index (χ4n) is 8.46. The van der Waals surface area contributed by atoms with Crippen molar-refractivity contribution in [2.45, 2.75) is 309 Å². The van der Waals surface area contributed by atoms with Gasteiger partial charge in [-0.1, -0.05) is 238 Å². The second-order valence-corrected chi connectivity index (χ2v) is 18.5. The van der Waals surface area contributed by atoms with Gasteiger partial charge in [0.1, 0.15) is 12.6 Å². The Balaban J connectivity index is 4.02. The van der Waals surface area contributed by atoms with Crippen LogP contribution in [0.1, 0.15) is 303 Å². The highest BCUT2D eigenvalue weighted by molar-refractivity contribution is 5.80. The molecule has 0 saturated heterocycles. The predicted octanol–water partition coefficient (Wildman–Crippen LogP) is 17.2. The Bertz CT molecular complexity index is 935. The van der Waals surface area contributed by atoms with E-state index in [1.165, 1.54) is 212 Å². The van der Waals surface area contributed by atoms with Gasteiger partial charge in [0.15, 0.2) is 0 Å². The van der Waals surface area contributed by atoms with Gasteiger partial charge in [0, 0.05) is 12.8 Å². The molecule has 6 heteroatoms. The largest absolute Gasteiger partial charge is 0.480 e. The molecule has 1 atom stereocenters. The van der Waals surface area contributed by atoms with Crippen LogP contribution in [0.15, 0.2) is 12.2 Å². The number of carbonyl (C=O) groups excluding carboxylic acids is 2. The van der Waals surface area contributed by atoms with Gasteiger partial charge in [-0.05, 0) is 64.2 Å². The average Bonchev–Trinajstić information content (AvgIpc) is 3.24. The average molecular weight is 846 g/mol. The molecule has 0 heterocycles. The lowest BCUT2D eigenvalue weighted by molar-refractivity contribution is -0.150. The number of rotatable bonds is 50. The van der Waals surface area contributed by atoms with Gasteiger partial charge in [0.05, 0.1) is 0 Å². The zero-order chi connectivity index (χ0) is 43.7. The van der Waals surface area contributed by atoms with E-state index >= 15 is 0 Å². The first kappa shape index (κ1) is 58.1. The van der Waals surface area contributed by atoms with Gasteiger partial charge in [0.25, 0.3) is 0 Å². The highest BCUT2D eigenvalue weighted by Gasteiger charge is 2.14. The quantitative estimate of drug-likeness (QED) is 0.0361. The summed E-state index contributed by atoms with van der Waals surface area (Å²) in [5, 5.41) is 11.1. The monoisotopic (exact) mass is 846 g/mol. The van der Waals surface area contributed by atoms with E-state index in [0.29, 0.717) is 12.8 Å². The molecule has 0 aromatic carbocycles. The van der Waals surface area contributed by atoms with E-state index in [-0.39, 0.29) is 24.5 Å². The molecule has 1 unspecified atom stereocenters. The molecule has 0 radical (unpaired) electrons. The lowest BCUT2D eigenvalue weighted by Gasteiger charge is -2.18. The second-order valence-electron chi connectivity index (χ2n) is 18.5. The molecule has 0 bridgehead atoms. The van der Waals surface area contributed by atoms with Crippen LogP contribution in [-0.4, -0.2) is 35.6 Å². The van der Waals surface area contributed by atoms with Crippen molar-refractivity contribution in [2.24, 2.45) is 0 Å². The summed E-state index contributed by atoms with van der Waals surface area (Å²) >= 11 is 0. The number of carbonyl (C=O) groups is 3. The SMILES string of the molecule is CCCCCCCCCC/C=C\CCCCCCCCCCCCCC(=O)OC(CCCCCCCCCCCCCCCCC)CCCCCCCC(=O)NCC(=O)O. The van der Waals surface area contributed by atoms with Crippen LogP contribution < -0.4 is 5.32 Å². The van der Waals surface area contributed by atoms with Gasteiger partial charge < -0.3 is 15.2 Å². The number of carboxylic acids is 1. The lowest BCUT2D eigenvalue weighted by atomic mass is 10.0. The first-order valence-corrected chi connectivity index (χ1v) is 26.8. The van der Waals surface area contributed by atoms with E-state index in [1.807, 2.05) is 0 Å². The predicted molar refractivity (Wildman–Crippen MR) is 259 cm³/mol. The minimum absolute atomic E-state index is 0.00711.